The highest BCUT2D eigenvalue weighted by molar-refractivity contribution is 6.05. The number of nitrogens with zero attached hydrogens (tertiary/aromatic N) is 3. The van der Waals surface area contributed by atoms with E-state index in [1.807, 2.05) is 13.8 Å². The lowest BCUT2D eigenvalue weighted by Crippen LogP contribution is -2.50. The number of urea groups is 1. The minimum Gasteiger partial charge on any atom is -0.490 e. The van der Waals surface area contributed by atoms with Crippen molar-refractivity contribution in [1.29, 1.82) is 0 Å². The fraction of sp³-hybridized carbons (Fsp3) is 0.600. The number of hydrogen-bond acceptors (Lipinski definition) is 7. The molecule has 11 heteroatoms. The average molecular weight is 638 g/mol. The molecule has 3 N–H and O–H groups in total. The Morgan fingerprint density at radius 3 is 2.50 bits per heavy atom. The van der Waals surface area contributed by atoms with Crippen molar-refractivity contribution in [2.75, 3.05) is 38.7 Å². The third kappa shape index (κ3) is 9.90. The van der Waals surface area contributed by atoms with Crippen LogP contribution in [0.1, 0.15) is 92.9 Å². The maximum Gasteiger partial charge on any atom is 0.317 e. The molecule has 4 atom stereocenters. The highest BCUT2D eigenvalue weighted by Crippen LogP contribution is 2.29. The van der Waals surface area contributed by atoms with Crippen molar-refractivity contribution in [1.82, 2.24) is 20.1 Å². The van der Waals surface area contributed by atoms with E-state index in [9.17, 15) is 19.5 Å². The summed E-state index contributed by atoms with van der Waals surface area (Å²) >= 11 is 0. The van der Waals surface area contributed by atoms with Crippen LogP contribution in [0.5, 0.6) is 5.75 Å². The van der Waals surface area contributed by atoms with Crippen molar-refractivity contribution in [3.63, 3.8) is 0 Å². The number of carbonyl (C=O) groups is 3. The minimum atomic E-state index is -0.504. The summed E-state index contributed by atoms with van der Waals surface area (Å²) in [5.41, 5.74) is 1.19. The van der Waals surface area contributed by atoms with Gasteiger partial charge in [0.25, 0.3) is 11.8 Å². The molecule has 0 saturated heterocycles. The third-order valence-electron chi connectivity index (χ3n) is 8.99. The van der Waals surface area contributed by atoms with Gasteiger partial charge in [0.15, 0.2) is 0 Å². The molecule has 46 heavy (non-hydrogen) atoms. The maximum atomic E-state index is 14.3. The Labute approximate surface area is 273 Å². The van der Waals surface area contributed by atoms with Crippen molar-refractivity contribution in [3.05, 3.63) is 53.9 Å². The van der Waals surface area contributed by atoms with Crippen LogP contribution in [-0.4, -0.2) is 95.4 Å². The molecule has 1 aliphatic carbocycles. The van der Waals surface area contributed by atoms with Crippen LogP contribution in [0.2, 0.25) is 0 Å². The maximum absolute atomic E-state index is 14.3. The standard InChI is InChI=1S/C35H51N5O6/c1-24-21-40(25(2)23-41)34(43)30-20-29(37-33(42)27-15-17-36-18-16-27)13-14-31(30)46-26(3)10-8-9-19-45-32(24)22-39(4)35(44)38-28-11-6-5-7-12-28/h13-18,20,24-26,28,32,41H,5-12,19,21-23H2,1-4H3,(H,37,42)(H,38,44)/t24-,25+,26+,32-/m0/s1. The van der Waals surface area contributed by atoms with Crippen molar-refractivity contribution >= 4 is 23.5 Å². The van der Waals surface area contributed by atoms with Gasteiger partial charge >= 0.3 is 6.03 Å². The molecule has 0 unspecified atom stereocenters. The number of rotatable bonds is 7. The van der Waals surface area contributed by atoms with Gasteiger partial charge in [-0.25, -0.2) is 4.79 Å². The first kappa shape index (κ1) is 35.2. The number of aliphatic hydroxyl groups excluding tert-OH is 1. The Balaban J connectivity index is 1.58. The lowest BCUT2D eigenvalue weighted by atomic mass is 9.96. The number of fused-ring (bicyclic) bond motifs is 1. The molecule has 0 bridgehead atoms. The molecule has 2 aromatic rings. The molecule has 0 radical (unpaired) electrons. The van der Waals surface area contributed by atoms with E-state index in [1.165, 1.54) is 6.42 Å². The van der Waals surface area contributed by atoms with E-state index < -0.39 is 6.04 Å². The van der Waals surface area contributed by atoms with Crippen LogP contribution in [0.3, 0.4) is 0 Å². The van der Waals surface area contributed by atoms with Gasteiger partial charge in [0.05, 0.1) is 30.4 Å². The van der Waals surface area contributed by atoms with Gasteiger partial charge in [0.1, 0.15) is 5.75 Å². The van der Waals surface area contributed by atoms with E-state index in [2.05, 4.69) is 15.6 Å². The fourth-order valence-electron chi connectivity index (χ4n) is 6.05. The summed E-state index contributed by atoms with van der Waals surface area (Å²) in [5.74, 6) is -0.388. The molecule has 11 nitrogen and oxygen atoms in total. The van der Waals surface area contributed by atoms with Crippen LogP contribution in [0.15, 0.2) is 42.7 Å². The quantitative estimate of drug-likeness (QED) is 0.385. The zero-order valence-electron chi connectivity index (χ0n) is 27.7. The summed E-state index contributed by atoms with van der Waals surface area (Å²) in [7, 11) is 1.79. The molecular formula is C35H51N5O6. The van der Waals surface area contributed by atoms with E-state index in [-0.39, 0.29) is 55.2 Å². The molecule has 0 spiro atoms. The van der Waals surface area contributed by atoms with Gasteiger partial charge in [-0.2, -0.15) is 0 Å². The van der Waals surface area contributed by atoms with Crippen molar-refractivity contribution in [2.24, 2.45) is 5.92 Å². The monoisotopic (exact) mass is 637 g/mol. The van der Waals surface area contributed by atoms with E-state index in [1.54, 1.807) is 66.5 Å². The minimum absolute atomic E-state index is 0.111. The summed E-state index contributed by atoms with van der Waals surface area (Å²) < 4.78 is 12.7. The summed E-state index contributed by atoms with van der Waals surface area (Å²) in [5, 5.41) is 16.3. The van der Waals surface area contributed by atoms with Crippen LogP contribution in [0, 0.1) is 5.92 Å². The molecule has 4 amide bonds. The van der Waals surface area contributed by atoms with Crippen molar-refractivity contribution < 1.29 is 29.0 Å². The summed E-state index contributed by atoms with van der Waals surface area (Å²) in [6, 6.07) is 7.90. The van der Waals surface area contributed by atoms with Gasteiger partial charge in [-0.3, -0.25) is 14.6 Å². The smallest absolute Gasteiger partial charge is 0.317 e. The number of nitrogens with one attached hydrogen (secondary N) is 2. The molecule has 252 valence electrons. The van der Waals surface area contributed by atoms with Crippen LogP contribution >= 0.6 is 0 Å². The highest BCUT2D eigenvalue weighted by atomic mass is 16.5. The van der Waals surface area contributed by atoms with Gasteiger partial charge in [0.2, 0.25) is 0 Å². The Hall–Kier alpha value is -3.70. The van der Waals surface area contributed by atoms with E-state index in [0.29, 0.717) is 35.7 Å². The van der Waals surface area contributed by atoms with E-state index in [0.717, 1.165) is 44.9 Å². The number of anilines is 1. The van der Waals surface area contributed by atoms with Gasteiger partial charge in [-0.05, 0) is 76.3 Å². The second kappa shape index (κ2) is 17.3. The highest BCUT2D eigenvalue weighted by Gasteiger charge is 2.31. The molecular weight excluding hydrogens is 586 g/mol. The molecule has 2 aliphatic rings. The summed E-state index contributed by atoms with van der Waals surface area (Å²) in [6.07, 6.45) is 10.6. The SMILES string of the molecule is C[C@@H]1CCCCO[C@@H](CN(C)C(=O)NC2CCCCC2)[C@@H](C)CN([C@H](C)CO)C(=O)c2cc(NC(=O)c3ccncc3)ccc2O1. The van der Waals surface area contributed by atoms with Crippen molar-refractivity contribution in [2.45, 2.75) is 96.4 Å². The predicted octanol–water partition coefficient (Wildman–Crippen LogP) is 5.10. The van der Waals surface area contributed by atoms with Gasteiger partial charge < -0.3 is 35.0 Å². The second-order valence-corrected chi connectivity index (χ2v) is 12.9. The van der Waals surface area contributed by atoms with Crippen LogP contribution < -0.4 is 15.4 Å². The molecule has 1 aromatic carbocycles. The van der Waals surface area contributed by atoms with Gasteiger partial charge in [-0.15, -0.1) is 0 Å². The first-order valence-corrected chi connectivity index (χ1v) is 16.7. The number of aromatic nitrogens is 1. The normalized spacial score (nSPS) is 22.5. The number of carbonyl (C=O) groups excluding carboxylic acids is 3. The van der Waals surface area contributed by atoms with Gasteiger partial charge in [0, 0.05) is 62.3 Å². The number of pyridine rings is 1. The lowest BCUT2D eigenvalue weighted by Gasteiger charge is -2.36. The Kier molecular flexibility index (Phi) is 13.2. The number of aliphatic hydroxyl groups is 1. The lowest BCUT2D eigenvalue weighted by molar-refractivity contribution is -0.0123. The Bertz CT molecular complexity index is 1290. The second-order valence-electron chi connectivity index (χ2n) is 12.9. The van der Waals surface area contributed by atoms with Crippen LogP contribution in [0.25, 0.3) is 0 Å². The first-order chi connectivity index (χ1) is 22.2. The Morgan fingerprint density at radius 2 is 1.78 bits per heavy atom. The molecule has 1 aromatic heterocycles. The van der Waals surface area contributed by atoms with Crippen LogP contribution in [0.4, 0.5) is 10.5 Å². The first-order valence-electron chi connectivity index (χ1n) is 16.7. The number of hydrogen-bond donors (Lipinski definition) is 3. The van der Waals surface area contributed by atoms with Crippen LogP contribution in [-0.2, 0) is 4.74 Å². The molecule has 4 rings (SSSR count). The predicted molar refractivity (Wildman–Crippen MR) is 177 cm³/mol. The van der Waals surface area contributed by atoms with E-state index >= 15 is 0 Å². The fourth-order valence-corrected chi connectivity index (χ4v) is 6.05. The summed E-state index contributed by atoms with van der Waals surface area (Å²) in [4.78, 5) is 47.6. The zero-order valence-corrected chi connectivity index (χ0v) is 27.7. The molecule has 1 aliphatic heterocycles. The number of benzene rings is 1. The number of amides is 4. The largest absolute Gasteiger partial charge is 0.490 e. The molecule has 2 heterocycles. The topological polar surface area (TPSA) is 133 Å². The molecule has 1 fully saturated rings. The van der Waals surface area contributed by atoms with Crippen molar-refractivity contribution in [3.8, 4) is 5.75 Å². The third-order valence-corrected chi connectivity index (χ3v) is 8.99. The van der Waals surface area contributed by atoms with E-state index in [4.69, 9.17) is 9.47 Å². The zero-order chi connectivity index (χ0) is 33.1. The number of ether oxygens (including phenoxy) is 2. The van der Waals surface area contributed by atoms with Gasteiger partial charge in [-0.1, -0.05) is 26.2 Å². The molecule has 1 saturated carbocycles. The number of likely N-dealkylation sites (N-methyl/N-ethyl adjacent to an activating group) is 1. The Morgan fingerprint density at radius 1 is 1.07 bits per heavy atom. The summed E-state index contributed by atoms with van der Waals surface area (Å²) in [6.45, 7) is 6.73. The average Bonchev–Trinajstić information content (AvgIpc) is 3.06.